The predicted molar refractivity (Wildman–Crippen MR) is 81.8 cm³/mol. The molecule has 1 aliphatic carbocycles. The molecule has 20 heavy (non-hydrogen) atoms. The van der Waals surface area contributed by atoms with Crippen LogP contribution in [0.15, 0.2) is 0 Å². The van der Waals surface area contributed by atoms with E-state index in [1.54, 1.807) is 0 Å². The second kappa shape index (κ2) is 16.0. The molecular formula is C16H32O4. The van der Waals surface area contributed by atoms with Gasteiger partial charge in [-0.05, 0) is 32.1 Å². The first kappa shape index (κ1) is 21.2. The third-order valence-corrected chi connectivity index (χ3v) is 2.62. The number of carboxylic acids is 1. The molecule has 1 fully saturated rings. The van der Waals surface area contributed by atoms with Gasteiger partial charge >= 0.3 is 11.9 Å². The topological polar surface area (TPSA) is 63.6 Å². The lowest BCUT2D eigenvalue weighted by molar-refractivity contribution is -0.150. The van der Waals surface area contributed by atoms with Crippen molar-refractivity contribution in [3.8, 4) is 0 Å². The fourth-order valence-electron chi connectivity index (χ4n) is 1.81. The molecule has 0 bridgehead atoms. The van der Waals surface area contributed by atoms with Gasteiger partial charge in [0.2, 0.25) is 0 Å². The van der Waals surface area contributed by atoms with Gasteiger partial charge in [-0.2, -0.15) is 0 Å². The normalized spacial score (nSPS) is 14.2. The third kappa shape index (κ3) is 15.0. The van der Waals surface area contributed by atoms with Gasteiger partial charge in [-0.1, -0.05) is 40.5 Å². The van der Waals surface area contributed by atoms with Gasteiger partial charge in [-0.3, -0.25) is 9.59 Å². The fraction of sp³-hybridized carbons (Fsp3) is 0.875. The Hall–Kier alpha value is -1.06. The van der Waals surface area contributed by atoms with E-state index in [4.69, 9.17) is 9.84 Å². The zero-order chi connectivity index (χ0) is 15.8. The Morgan fingerprint density at radius 3 is 2.00 bits per heavy atom. The van der Waals surface area contributed by atoms with Crippen molar-refractivity contribution in [2.24, 2.45) is 0 Å². The highest BCUT2D eigenvalue weighted by molar-refractivity contribution is 5.71. The highest BCUT2D eigenvalue weighted by atomic mass is 16.5. The van der Waals surface area contributed by atoms with Crippen molar-refractivity contribution in [3.63, 3.8) is 0 Å². The van der Waals surface area contributed by atoms with Crippen LogP contribution in [0.5, 0.6) is 0 Å². The predicted octanol–water partition coefficient (Wildman–Crippen LogP) is 4.56. The van der Waals surface area contributed by atoms with Crippen LogP contribution in [0.2, 0.25) is 0 Å². The van der Waals surface area contributed by atoms with Gasteiger partial charge in [-0.15, -0.1) is 0 Å². The molecule has 4 heteroatoms. The first-order valence-electron chi connectivity index (χ1n) is 8.01. The number of hydrogen-bond donors (Lipinski definition) is 1. The molecule has 0 aliphatic heterocycles. The van der Waals surface area contributed by atoms with E-state index in [1.165, 1.54) is 12.8 Å². The van der Waals surface area contributed by atoms with E-state index in [-0.39, 0.29) is 24.9 Å². The molecule has 0 unspecified atom stereocenters. The maximum atomic E-state index is 11.3. The van der Waals surface area contributed by atoms with Crippen LogP contribution in [-0.2, 0) is 14.3 Å². The van der Waals surface area contributed by atoms with Crippen LogP contribution in [0.1, 0.15) is 85.5 Å². The molecule has 1 saturated carbocycles. The quantitative estimate of drug-likeness (QED) is 0.753. The Balaban J connectivity index is 0. The van der Waals surface area contributed by atoms with Crippen molar-refractivity contribution in [2.75, 3.05) is 0 Å². The summed E-state index contributed by atoms with van der Waals surface area (Å²) in [4.78, 5) is 21.5. The molecule has 0 aromatic rings. The van der Waals surface area contributed by atoms with Crippen molar-refractivity contribution < 1.29 is 19.4 Å². The molecule has 0 heterocycles. The van der Waals surface area contributed by atoms with Crippen LogP contribution < -0.4 is 0 Å². The van der Waals surface area contributed by atoms with Crippen molar-refractivity contribution in [3.05, 3.63) is 0 Å². The summed E-state index contributed by atoms with van der Waals surface area (Å²) in [7, 11) is 0. The first-order chi connectivity index (χ1) is 9.60. The van der Waals surface area contributed by atoms with Gasteiger partial charge in [0.15, 0.2) is 0 Å². The molecule has 0 atom stereocenters. The molecule has 0 saturated heterocycles. The minimum Gasteiger partial charge on any atom is -0.481 e. The van der Waals surface area contributed by atoms with Crippen LogP contribution in [0.4, 0.5) is 0 Å². The number of rotatable bonds is 5. The lowest BCUT2D eigenvalue weighted by Gasteiger charge is -2.21. The lowest BCUT2D eigenvalue weighted by atomic mass is 9.98. The zero-order valence-corrected chi connectivity index (χ0v) is 13.6. The number of carboxylic acid groups (broad SMARTS) is 1. The Morgan fingerprint density at radius 1 is 1.05 bits per heavy atom. The van der Waals surface area contributed by atoms with E-state index >= 15 is 0 Å². The summed E-state index contributed by atoms with van der Waals surface area (Å²) < 4.78 is 5.24. The SMILES string of the molecule is CC.CCC.O=C(O)CCCC(=O)OC1CCCCC1. The van der Waals surface area contributed by atoms with Crippen molar-refractivity contribution in [1.29, 1.82) is 0 Å². The maximum absolute atomic E-state index is 11.3. The van der Waals surface area contributed by atoms with Crippen LogP contribution in [0.25, 0.3) is 0 Å². The minimum absolute atomic E-state index is 0.0414. The van der Waals surface area contributed by atoms with Gasteiger partial charge in [-0.25, -0.2) is 0 Å². The van der Waals surface area contributed by atoms with Crippen molar-refractivity contribution >= 4 is 11.9 Å². The Morgan fingerprint density at radius 2 is 1.55 bits per heavy atom. The van der Waals surface area contributed by atoms with Crippen LogP contribution in [-0.4, -0.2) is 23.1 Å². The zero-order valence-electron chi connectivity index (χ0n) is 13.6. The van der Waals surface area contributed by atoms with Crippen LogP contribution in [0.3, 0.4) is 0 Å². The lowest BCUT2D eigenvalue weighted by Crippen LogP contribution is -2.20. The summed E-state index contributed by atoms with van der Waals surface area (Å²) in [6.45, 7) is 8.25. The molecule has 0 spiro atoms. The summed E-state index contributed by atoms with van der Waals surface area (Å²) in [6.07, 6.45) is 7.39. The second-order valence-electron chi connectivity index (χ2n) is 4.70. The third-order valence-electron chi connectivity index (χ3n) is 2.62. The maximum Gasteiger partial charge on any atom is 0.306 e. The van der Waals surface area contributed by atoms with Crippen molar-refractivity contribution in [2.45, 2.75) is 91.6 Å². The Bertz CT molecular complexity index is 233. The molecule has 0 aromatic heterocycles. The van der Waals surface area contributed by atoms with E-state index < -0.39 is 5.97 Å². The number of carbonyl (C=O) groups is 2. The molecule has 0 radical (unpaired) electrons. The van der Waals surface area contributed by atoms with Gasteiger partial charge in [0.1, 0.15) is 6.10 Å². The number of hydrogen-bond acceptors (Lipinski definition) is 3. The van der Waals surface area contributed by atoms with Gasteiger partial charge in [0, 0.05) is 12.8 Å². The van der Waals surface area contributed by atoms with Gasteiger partial charge < -0.3 is 9.84 Å². The fourth-order valence-corrected chi connectivity index (χ4v) is 1.81. The van der Waals surface area contributed by atoms with Crippen LogP contribution in [0, 0.1) is 0 Å². The summed E-state index contributed by atoms with van der Waals surface area (Å²) in [5.74, 6) is -1.11. The van der Waals surface area contributed by atoms with Crippen molar-refractivity contribution in [1.82, 2.24) is 0 Å². The first-order valence-corrected chi connectivity index (χ1v) is 8.01. The second-order valence-corrected chi connectivity index (χ2v) is 4.70. The average molecular weight is 288 g/mol. The molecule has 1 N–H and O–H groups in total. The monoisotopic (exact) mass is 288 g/mol. The van der Waals surface area contributed by atoms with E-state index in [0.29, 0.717) is 6.42 Å². The molecule has 0 aromatic carbocycles. The summed E-state index contributed by atoms with van der Waals surface area (Å²) in [6, 6.07) is 0. The Kier molecular flexibility index (Phi) is 17.0. The molecular weight excluding hydrogens is 256 g/mol. The van der Waals surface area contributed by atoms with Gasteiger partial charge in [0.05, 0.1) is 0 Å². The highest BCUT2D eigenvalue weighted by Gasteiger charge is 2.17. The molecule has 1 rings (SSSR count). The molecule has 4 nitrogen and oxygen atoms in total. The molecule has 0 amide bonds. The highest BCUT2D eigenvalue weighted by Crippen LogP contribution is 2.20. The van der Waals surface area contributed by atoms with Crippen LogP contribution >= 0.6 is 0 Å². The van der Waals surface area contributed by atoms with E-state index in [0.717, 1.165) is 25.7 Å². The summed E-state index contributed by atoms with van der Waals surface area (Å²) in [5, 5.41) is 8.40. The standard InChI is InChI=1S/C11H18O4.C3H8.C2H6/c12-10(13)7-4-8-11(14)15-9-5-2-1-3-6-9;1-3-2;1-2/h9H,1-8H2,(H,12,13);3H2,1-2H3;1-2H3. The summed E-state index contributed by atoms with van der Waals surface area (Å²) >= 11 is 0. The van der Waals surface area contributed by atoms with E-state index in [9.17, 15) is 9.59 Å². The number of aliphatic carboxylic acids is 1. The summed E-state index contributed by atoms with van der Waals surface area (Å²) in [5.41, 5.74) is 0. The average Bonchev–Trinajstić information content (AvgIpc) is 2.42. The van der Waals surface area contributed by atoms with E-state index in [2.05, 4.69) is 13.8 Å². The largest absolute Gasteiger partial charge is 0.481 e. The smallest absolute Gasteiger partial charge is 0.306 e. The molecule has 1 aliphatic rings. The minimum atomic E-state index is -0.861. The number of carbonyl (C=O) groups excluding carboxylic acids is 1. The Labute approximate surface area is 123 Å². The van der Waals surface area contributed by atoms with Gasteiger partial charge in [0.25, 0.3) is 0 Å². The number of ether oxygens (including phenoxy) is 1. The van der Waals surface area contributed by atoms with E-state index in [1.807, 2.05) is 13.8 Å². The number of esters is 1. The molecule has 120 valence electrons.